The maximum atomic E-state index is 12.8. The summed E-state index contributed by atoms with van der Waals surface area (Å²) in [6.07, 6.45) is 3.41. The lowest BCUT2D eigenvalue weighted by Crippen LogP contribution is -2.11. The first-order chi connectivity index (χ1) is 10.1. The lowest BCUT2D eigenvalue weighted by atomic mass is 10.1. The second kappa shape index (κ2) is 4.90. The minimum absolute atomic E-state index is 0.283. The Bertz CT molecular complexity index is 922. The fraction of sp³-hybridized carbons (Fsp3) is 0.0588. The molecule has 0 aliphatic rings. The summed E-state index contributed by atoms with van der Waals surface area (Å²) in [5.41, 5.74) is 2.53. The van der Waals surface area contributed by atoms with Crippen molar-refractivity contribution in [2.75, 3.05) is 0 Å². The zero-order valence-corrected chi connectivity index (χ0v) is 12.5. The number of fused-ring (bicyclic) bond motifs is 1. The normalized spacial score (nSPS) is 11.7. The van der Waals surface area contributed by atoms with Crippen LogP contribution in [0.25, 0.3) is 17.0 Å². The molecule has 4 heteroatoms. The molecule has 0 saturated heterocycles. The van der Waals surface area contributed by atoms with Crippen LogP contribution >= 0.6 is 0 Å². The zero-order valence-electron chi connectivity index (χ0n) is 11.7. The summed E-state index contributed by atoms with van der Waals surface area (Å²) >= 11 is 0. The summed E-state index contributed by atoms with van der Waals surface area (Å²) in [6.45, 7) is 5.70. The van der Waals surface area contributed by atoms with E-state index in [9.17, 15) is 8.42 Å². The summed E-state index contributed by atoms with van der Waals surface area (Å²) < 4.78 is 26.9. The van der Waals surface area contributed by atoms with Crippen LogP contribution in [0.3, 0.4) is 0 Å². The maximum Gasteiger partial charge on any atom is 0.268 e. The van der Waals surface area contributed by atoms with Gasteiger partial charge in [-0.05, 0) is 36.2 Å². The third kappa shape index (κ3) is 2.08. The number of aryl methyl sites for hydroxylation is 1. The van der Waals surface area contributed by atoms with E-state index in [-0.39, 0.29) is 4.90 Å². The molecule has 0 bridgehead atoms. The van der Waals surface area contributed by atoms with Crippen LogP contribution in [0, 0.1) is 6.92 Å². The second-order valence-corrected chi connectivity index (χ2v) is 6.69. The molecule has 3 rings (SSSR count). The van der Waals surface area contributed by atoms with Crippen LogP contribution < -0.4 is 0 Å². The van der Waals surface area contributed by atoms with E-state index in [0.717, 1.165) is 16.5 Å². The molecule has 3 nitrogen and oxygen atoms in total. The Labute approximate surface area is 124 Å². The Hall–Kier alpha value is -2.33. The molecule has 3 aromatic rings. The number of hydrogen-bond donors (Lipinski definition) is 0. The molecule has 0 N–H and O–H groups in total. The number of nitrogens with zero attached hydrogens (tertiary/aromatic N) is 1. The van der Waals surface area contributed by atoms with Crippen molar-refractivity contribution >= 4 is 27.0 Å². The third-order valence-corrected chi connectivity index (χ3v) is 5.23. The van der Waals surface area contributed by atoms with Gasteiger partial charge >= 0.3 is 0 Å². The Morgan fingerprint density at radius 3 is 2.43 bits per heavy atom. The summed E-state index contributed by atoms with van der Waals surface area (Å²) in [5.74, 6) is 0. The molecule has 0 aliphatic carbocycles. The monoisotopic (exact) mass is 297 g/mol. The predicted octanol–water partition coefficient (Wildman–Crippen LogP) is 3.83. The Morgan fingerprint density at radius 1 is 1.05 bits per heavy atom. The Morgan fingerprint density at radius 2 is 1.76 bits per heavy atom. The SMILES string of the molecule is C=Cc1cccc2c1c(C)cn2S(=O)(=O)c1ccccc1. The molecule has 0 amide bonds. The molecule has 21 heavy (non-hydrogen) atoms. The highest BCUT2D eigenvalue weighted by Crippen LogP contribution is 2.28. The minimum atomic E-state index is -3.59. The van der Waals surface area contributed by atoms with Gasteiger partial charge in [0, 0.05) is 11.6 Å². The van der Waals surface area contributed by atoms with Gasteiger partial charge in [-0.25, -0.2) is 12.4 Å². The van der Waals surface area contributed by atoms with Gasteiger partial charge in [0.1, 0.15) is 0 Å². The van der Waals surface area contributed by atoms with Gasteiger partial charge < -0.3 is 0 Å². The molecule has 1 heterocycles. The van der Waals surface area contributed by atoms with Crippen molar-refractivity contribution < 1.29 is 8.42 Å². The van der Waals surface area contributed by atoms with Gasteiger partial charge in [0.25, 0.3) is 10.0 Å². The van der Waals surface area contributed by atoms with Crippen LogP contribution in [-0.2, 0) is 10.0 Å². The lowest BCUT2D eigenvalue weighted by molar-refractivity contribution is 0.589. The number of hydrogen-bond acceptors (Lipinski definition) is 2. The summed E-state index contributed by atoms with van der Waals surface area (Å²) in [6, 6.07) is 14.0. The Balaban J connectivity index is 2.35. The standard InChI is InChI=1S/C17H15NO2S/c1-3-14-8-7-11-16-17(14)13(2)12-18(16)21(19,20)15-9-5-4-6-10-15/h3-12H,1H2,2H3. The van der Waals surface area contributed by atoms with Crippen LogP contribution in [0.4, 0.5) is 0 Å². The van der Waals surface area contributed by atoms with Gasteiger partial charge in [-0.3, -0.25) is 0 Å². The van der Waals surface area contributed by atoms with E-state index in [4.69, 9.17) is 0 Å². The number of aromatic nitrogens is 1. The molecule has 0 aliphatic heterocycles. The van der Waals surface area contributed by atoms with Crippen LogP contribution in [-0.4, -0.2) is 12.4 Å². The largest absolute Gasteiger partial charge is 0.268 e. The van der Waals surface area contributed by atoms with Crippen molar-refractivity contribution in [3.8, 4) is 0 Å². The van der Waals surface area contributed by atoms with E-state index >= 15 is 0 Å². The second-order valence-electron chi connectivity index (χ2n) is 4.87. The van der Waals surface area contributed by atoms with Crippen molar-refractivity contribution in [3.05, 3.63) is 72.4 Å². The predicted molar refractivity (Wildman–Crippen MR) is 85.8 cm³/mol. The van der Waals surface area contributed by atoms with E-state index in [1.807, 2.05) is 25.1 Å². The molecular weight excluding hydrogens is 282 g/mol. The third-order valence-electron chi connectivity index (χ3n) is 3.54. The smallest absolute Gasteiger partial charge is 0.241 e. The van der Waals surface area contributed by atoms with Crippen LogP contribution in [0.15, 0.2) is 66.2 Å². The van der Waals surface area contributed by atoms with Crippen molar-refractivity contribution in [3.63, 3.8) is 0 Å². The number of benzene rings is 2. The summed E-state index contributed by atoms with van der Waals surface area (Å²) in [7, 11) is -3.59. The molecule has 0 unspecified atom stereocenters. The van der Waals surface area contributed by atoms with Crippen LogP contribution in [0.2, 0.25) is 0 Å². The van der Waals surface area contributed by atoms with Gasteiger partial charge in [0.2, 0.25) is 0 Å². The molecule has 0 radical (unpaired) electrons. The van der Waals surface area contributed by atoms with Crippen LogP contribution in [0.1, 0.15) is 11.1 Å². The highest BCUT2D eigenvalue weighted by Gasteiger charge is 2.20. The van der Waals surface area contributed by atoms with Gasteiger partial charge in [-0.1, -0.05) is 43.0 Å². The highest BCUT2D eigenvalue weighted by molar-refractivity contribution is 7.90. The molecule has 2 aromatic carbocycles. The summed E-state index contributed by atoms with van der Waals surface area (Å²) in [5, 5.41) is 0.923. The average molecular weight is 297 g/mol. The maximum absolute atomic E-state index is 12.8. The van der Waals surface area contributed by atoms with Gasteiger partial charge in [-0.15, -0.1) is 0 Å². The summed E-state index contributed by atoms with van der Waals surface area (Å²) in [4.78, 5) is 0.283. The topological polar surface area (TPSA) is 39.1 Å². The van der Waals surface area contributed by atoms with E-state index in [2.05, 4.69) is 6.58 Å². The molecule has 0 saturated carbocycles. The molecule has 1 aromatic heterocycles. The molecular formula is C17H15NO2S. The minimum Gasteiger partial charge on any atom is -0.241 e. The number of rotatable bonds is 3. The van der Waals surface area contributed by atoms with Crippen molar-refractivity contribution in [1.82, 2.24) is 3.97 Å². The first kappa shape index (κ1) is 13.6. The van der Waals surface area contributed by atoms with Crippen molar-refractivity contribution in [1.29, 1.82) is 0 Å². The van der Waals surface area contributed by atoms with E-state index in [1.54, 1.807) is 42.6 Å². The molecule has 106 valence electrons. The quantitative estimate of drug-likeness (QED) is 0.737. The van der Waals surface area contributed by atoms with Crippen LogP contribution in [0.5, 0.6) is 0 Å². The van der Waals surface area contributed by atoms with Gasteiger partial charge in [0.05, 0.1) is 10.4 Å². The van der Waals surface area contributed by atoms with E-state index in [1.165, 1.54) is 3.97 Å². The van der Waals surface area contributed by atoms with Crippen molar-refractivity contribution in [2.45, 2.75) is 11.8 Å². The first-order valence-corrected chi connectivity index (χ1v) is 8.03. The molecule has 0 spiro atoms. The van der Waals surface area contributed by atoms with Gasteiger partial charge in [-0.2, -0.15) is 0 Å². The Kier molecular flexibility index (Phi) is 3.18. The van der Waals surface area contributed by atoms with Crippen molar-refractivity contribution in [2.24, 2.45) is 0 Å². The fourth-order valence-electron chi connectivity index (χ4n) is 2.56. The molecule has 0 atom stereocenters. The zero-order chi connectivity index (χ0) is 15.0. The first-order valence-electron chi connectivity index (χ1n) is 6.59. The van der Waals surface area contributed by atoms with E-state index < -0.39 is 10.0 Å². The van der Waals surface area contributed by atoms with Gasteiger partial charge in [0.15, 0.2) is 0 Å². The average Bonchev–Trinajstić information content (AvgIpc) is 2.86. The van der Waals surface area contributed by atoms with E-state index in [0.29, 0.717) is 5.52 Å². The molecule has 0 fully saturated rings. The lowest BCUT2D eigenvalue weighted by Gasteiger charge is -2.07. The highest BCUT2D eigenvalue weighted by atomic mass is 32.2. The fourth-order valence-corrected chi connectivity index (χ4v) is 3.99.